The fourth-order valence-corrected chi connectivity index (χ4v) is 4.19. The summed E-state index contributed by atoms with van der Waals surface area (Å²) in [5, 5.41) is 9.69. The van der Waals surface area contributed by atoms with E-state index >= 15 is 0 Å². The lowest BCUT2D eigenvalue weighted by Crippen LogP contribution is -2.36. The predicted molar refractivity (Wildman–Crippen MR) is 82.7 cm³/mol. The Hall–Kier alpha value is -1.42. The number of aliphatic hydroxyl groups is 1. The van der Waals surface area contributed by atoms with Crippen LogP contribution in [-0.2, 0) is 11.2 Å². The van der Waals surface area contributed by atoms with E-state index in [2.05, 4.69) is 0 Å². The molecule has 22 heavy (non-hydrogen) atoms. The zero-order valence-corrected chi connectivity index (χ0v) is 13.0. The molecule has 2 aliphatic rings. The van der Waals surface area contributed by atoms with Gasteiger partial charge >= 0.3 is 0 Å². The Kier molecular flexibility index (Phi) is 4.48. The minimum Gasteiger partial charge on any atom is -0.393 e. The SMILES string of the molecule is CN(C(=O)CCc1ccccc1F)C1C[C@H]2CC(O)C[C@H]2C1. The minimum absolute atomic E-state index is 0.0915. The van der Waals surface area contributed by atoms with E-state index in [0.29, 0.717) is 30.2 Å². The lowest BCUT2D eigenvalue weighted by Gasteiger charge is -2.25. The largest absolute Gasteiger partial charge is 0.393 e. The molecule has 3 nitrogen and oxygen atoms in total. The van der Waals surface area contributed by atoms with Gasteiger partial charge in [-0.05, 0) is 55.6 Å². The molecular formula is C18H24FNO2. The summed E-state index contributed by atoms with van der Waals surface area (Å²) in [5.74, 6) is 1.000. The first-order chi connectivity index (χ1) is 10.5. The summed E-state index contributed by atoms with van der Waals surface area (Å²) in [5.41, 5.74) is 0.607. The Labute approximate surface area is 131 Å². The molecule has 0 heterocycles. The number of benzene rings is 1. The topological polar surface area (TPSA) is 40.5 Å². The third-order valence-electron chi connectivity index (χ3n) is 5.47. The number of carbonyl (C=O) groups excluding carboxylic acids is 1. The van der Waals surface area contributed by atoms with Crippen molar-refractivity contribution in [2.75, 3.05) is 7.05 Å². The normalized spacial score (nSPS) is 30.3. The molecule has 0 spiro atoms. The second-order valence-electron chi connectivity index (χ2n) is 6.87. The van der Waals surface area contributed by atoms with Crippen molar-refractivity contribution in [3.05, 3.63) is 35.6 Å². The third kappa shape index (κ3) is 3.17. The van der Waals surface area contributed by atoms with Gasteiger partial charge in [0.1, 0.15) is 5.82 Å². The summed E-state index contributed by atoms with van der Waals surface area (Å²) in [6, 6.07) is 6.93. The molecule has 0 aliphatic heterocycles. The second kappa shape index (κ2) is 6.37. The monoisotopic (exact) mass is 305 g/mol. The van der Waals surface area contributed by atoms with Crippen molar-refractivity contribution in [2.45, 2.75) is 50.7 Å². The Bertz CT molecular complexity index is 534. The summed E-state index contributed by atoms with van der Waals surface area (Å²) in [4.78, 5) is 14.2. The molecule has 1 N–H and O–H groups in total. The molecule has 0 bridgehead atoms. The standard InChI is InChI=1S/C18H24FNO2/c1-20(15-8-13-10-16(21)11-14(13)9-15)18(22)7-6-12-4-2-3-5-17(12)19/h2-5,13-16,21H,6-11H2,1H3/t13-,14+,15?,16?. The van der Waals surface area contributed by atoms with E-state index in [1.807, 2.05) is 11.9 Å². The summed E-state index contributed by atoms with van der Waals surface area (Å²) in [6.45, 7) is 0. The fraction of sp³-hybridized carbons (Fsp3) is 0.611. The van der Waals surface area contributed by atoms with Crippen molar-refractivity contribution in [1.82, 2.24) is 4.90 Å². The van der Waals surface area contributed by atoms with E-state index in [9.17, 15) is 14.3 Å². The molecule has 2 saturated carbocycles. The van der Waals surface area contributed by atoms with E-state index in [4.69, 9.17) is 0 Å². The zero-order valence-electron chi connectivity index (χ0n) is 13.0. The van der Waals surface area contributed by atoms with E-state index in [-0.39, 0.29) is 23.9 Å². The molecule has 2 unspecified atom stereocenters. The van der Waals surface area contributed by atoms with E-state index < -0.39 is 0 Å². The summed E-state index contributed by atoms with van der Waals surface area (Å²) in [6.07, 6.45) is 4.45. The van der Waals surface area contributed by atoms with Crippen molar-refractivity contribution in [3.63, 3.8) is 0 Å². The van der Waals surface area contributed by atoms with Gasteiger partial charge in [-0.1, -0.05) is 18.2 Å². The average Bonchev–Trinajstić information content (AvgIpc) is 3.02. The molecule has 0 aromatic heterocycles. The molecule has 0 saturated heterocycles. The van der Waals surface area contributed by atoms with Crippen molar-refractivity contribution in [1.29, 1.82) is 0 Å². The molecule has 0 radical (unpaired) electrons. The van der Waals surface area contributed by atoms with Crippen LogP contribution in [0.3, 0.4) is 0 Å². The van der Waals surface area contributed by atoms with Gasteiger partial charge in [0.2, 0.25) is 5.91 Å². The number of carbonyl (C=O) groups is 1. The van der Waals surface area contributed by atoms with Crippen LogP contribution >= 0.6 is 0 Å². The number of aliphatic hydroxyl groups excluding tert-OH is 1. The van der Waals surface area contributed by atoms with Crippen LogP contribution in [0.15, 0.2) is 24.3 Å². The molecular weight excluding hydrogens is 281 g/mol. The number of hydrogen-bond acceptors (Lipinski definition) is 2. The van der Waals surface area contributed by atoms with Crippen molar-refractivity contribution in [2.24, 2.45) is 11.8 Å². The number of fused-ring (bicyclic) bond motifs is 1. The van der Waals surface area contributed by atoms with Gasteiger partial charge in [-0.25, -0.2) is 4.39 Å². The van der Waals surface area contributed by atoms with Crippen LogP contribution < -0.4 is 0 Å². The Morgan fingerprint density at radius 2 is 1.86 bits per heavy atom. The molecule has 1 amide bonds. The Balaban J connectivity index is 1.52. The van der Waals surface area contributed by atoms with Crippen LogP contribution in [0.2, 0.25) is 0 Å². The average molecular weight is 305 g/mol. The first-order valence-electron chi connectivity index (χ1n) is 8.21. The fourth-order valence-electron chi connectivity index (χ4n) is 4.19. The zero-order chi connectivity index (χ0) is 15.7. The molecule has 2 fully saturated rings. The number of aryl methyl sites for hydroxylation is 1. The van der Waals surface area contributed by atoms with Gasteiger partial charge in [0.25, 0.3) is 0 Å². The van der Waals surface area contributed by atoms with E-state index in [0.717, 1.165) is 25.7 Å². The summed E-state index contributed by atoms with van der Waals surface area (Å²) in [7, 11) is 1.87. The molecule has 1 aromatic rings. The number of amides is 1. The quantitative estimate of drug-likeness (QED) is 0.929. The van der Waals surface area contributed by atoms with E-state index in [1.165, 1.54) is 6.07 Å². The van der Waals surface area contributed by atoms with Gasteiger partial charge in [-0.3, -0.25) is 4.79 Å². The summed E-state index contributed by atoms with van der Waals surface area (Å²) >= 11 is 0. The Morgan fingerprint density at radius 1 is 1.23 bits per heavy atom. The van der Waals surface area contributed by atoms with Crippen LogP contribution in [0.25, 0.3) is 0 Å². The molecule has 4 atom stereocenters. The maximum absolute atomic E-state index is 13.6. The molecule has 1 aromatic carbocycles. The number of hydrogen-bond donors (Lipinski definition) is 1. The first kappa shape index (κ1) is 15.5. The molecule has 4 heteroatoms. The van der Waals surface area contributed by atoms with Gasteiger partial charge in [0.15, 0.2) is 0 Å². The van der Waals surface area contributed by atoms with Gasteiger partial charge in [0, 0.05) is 19.5 Å². The van der Waals surface area contributed by atoms with Gasteiger partial charge < -0.3 is 10.0 Å². The first-order valence-corrected chi connectivity index (χ1v) is 8.21. The van der Waals surface area contributed by atoms with Gasteiger partial charge in [0.05, 0.1) is 6.10 Å². The van der Waals surface area contributed by atoms with Gasteiger partial charge in [-0.2, -0.15) is 0 Å². The Morgan fingerprint density at radius 3 is 2.50 bits per heavy atom. The number of nitrogens with zero attached hydrogens (tertiary/aromatic N) is 1. The van der Waals surface area contributed by atoms with Crippen LogP contribution in [0.1, 0.15) is 37.7 Å². The van der Waals surface area contributed by atoms with Crippen molar-refractivity contribution < 1.29 is 14.3 Å². The molecule has 120 valence electrons. The highest BCUT2D eigenvalue weighted by molar-refractivity contribution is 5.76. The number of rotatable bonds is 4. The highest BCUT2D eigenvalue weighted by Crippen LogP contribution is 2.45. The highest BCUT2D eigenvalue weighted by Gasteiger charge is 2.42. The molecule has 2 aliphatic carbocycles. The predicted octanol–water partition coefficient (Wildman–Crippen LogP) is 2.77. The smallest absolute Gasteiger partial charge is 0.222 e. The van der Waals surface area contributed by atoms with Crippen molar-refractivity contribution in [3.8, 4) is 0 Å². The maximum atomic E-state index is 13.6. The molecule has 3 rings (SSSR count). The lowest BCUT2D eigenvalue weighted by molar-refractivity contribution is -0.131. The van der Waals surface area contributed by atoms with E-state index in [1.54, 1.807) is 18.2 Å². The van der Waals surface area contributed by atoms with Crippen LogP contribution in [0, 0.1) is 17.7 Å². The maximum Gasteiger partial charge on any atom is 0.222 e. The highest BCUT2D eigenvalue weighted by atomic mass is 19.1. The minimum atomic E-state index is -0.234. The lowest BCUT2D eigenvalue weighted by atomic mass is 10.0. The van der Waals surface area contributed by atoms with Crippen molar-refractivity contribution >= 4 is 5.91 Å². The third-order valence-corrected chi connectivity index (χ3v) is 5.47. The summed E-state index contributed by atoms with van der Waals surface area (Å²) < 4.78 is 13.6. The van der Waals surface area contributed by atoms with Gasteiger partial charge in [-0.15, -0.1) is 0 Å². The second-order valence-corrected chi connectivity index (χ2v) is 6.87. The van der Waals surface area contributed by atoms with Crippen LogP contribution in [-0.4, -0.2) is 35.1 Å². The van der Waals surface area contributed by atoms with Crippen LogP contribution in [0.4, 0.5) is 4.39 Å². The van der Waals surface area contributed by atoms with Crippen LogP contribution in [0.5, 0.6) is 0 Å². The number of halogens is 1.